The van der Waals surface area contributed by atoms with Gasteiger partial charge in [-0.25, -0.2) is 0 Å². The second-order valence-electron chi connectivity index (χ2n) is 7.84. The van der Waals surface area contributed by atoms with Gasteiger partial charge in [0.1, 0.15) is 5.84 Å². The minimum Gasteiger partial charge on any atom is -0.371 e. The van der Waals surface area contributed by atoms with Crippen molar-refractivity contribution in [2.24, 2.45) is 4.99 Å². The smallest absolute Gasteiger partial charge is 0.253 e. The van der Waals surface area contributed by atoms with Gasteiger partial charge in [0.2, 0.25) is 0 Å². The number of anilines is 2. The lowest BCUT2D eigenvalue weighted by atomic mass is 9.84. The first-order valence-electron chi connectivity index (χ1n) is 9.88. The Balaban J connectivity index is 1.67. The molecule has 0 aliphatic carbocycles. The van der Waals surface area contributed by atoms with Crippen molar-refractivity contribution in [1.29, 1.82) is 0 Å². The Hall–Kier alpha value is -2.57. The van der Waals surface area contributed by atoms with Crippen LogP contribution in [-0.4, -0.2) is 49.4 Å². The van der Waals surface area contributed by atoms with E-state index in [1.54, 1.807) is 19.0 Å². The van der Waals surface area contributed by atoms with Crippen LogP contribution in [-0.2, 0) is 6.54 Å². The number of fused-ring (bicyclic) bond motifs is 1. The zero-order chi connectivity index (χ0) is 20.4. The predicted octanol–water partition coefficient (Wildman–Crippen LogP) is 3.60. The van der Waals surface area contributed by atoms with Gasteiger partial charge < -0.3 is 20.9 Å². The second-order valence-corrected chi connectivity index (χ2v) is 8.27. The van der Waals surface area contributed by atoms with Crippen molar-refractivity contribution >= 4 is 34.7 Å². The molecule has 0 aromatic heterocycles. The summed E-state index contributed by atoms with van der Waals surface area (Å²) in [7, 11) is 3.53. The number of hydrogen-bond donors (Lipinski definition) is 3. The molecule has 2 aliphatic heterocycles. The average molecular weight is 412 g/mol. The monoisotopic (exact) mass is 411 g/mol. The lowest BCUT2D eigenvalue weighted by Gasteiger charge is -2.44. The normalized spacial score (nSPS) is 18.7. The van der Waals surface area contributed by atoms with Crippen LogP contribution >= 0.6 is 11.6 Å². The Morgan fingerprint density at radius 3 is 2.66 bits per heavy atom. The van der Waals surface area contributed by atoms with Crippen LogP contribution in [0, 0.1) is 0 Å². The number of aliphatic imine (C=N–C) groups is 1. The van der Waals surface area contributed by atoms with Gasteiger partial charge in [-0.2, -0.15) is 0 Å². The molecule has 0 atom stereocenters. The Bertz CT molecular complexity index is 950. The number of piperidine rings is 1. The molecule has 0 bridgehead atoms. The van der Waals surface area contributed by atoms with E-state index in [1.165, 1.54) is 0 Å². The van der Waals surface area contributed by atoms with Crippen molar-refractivity contribution in [2.75, 3.05) is 37.8 Å². The molecule has 1 fully saturated rings. The molecule has 0 saturated carbocycles. The summed E-state index contributed by atoms with van der Waals surface area (Å²) in [4.78, 5) is 18.9. The fourth-order valence-corrected chi connectivity index (χ4v) is 4.14. The quantitative estimate of drug-likeness (QED) is 0.721. The molecule has 2 aromatic carbocycles. The lowest BCUT2D eigenvalue weighted by Crippen LogP contribution is -2.57. The van der Waals surface area contributed by atoms with Crippen LogP contribution in [0.3, 0.4) is 0 Å². The number of hydrogen-bond acceptors (Lipinski definition) is 4. The number of halogens is 1. The molecule has 29 heavy (non-hydrogen) atoms. The predicted molar refractivity (Wildman–Crippen MR) is 119 cm³/mol. The highest BCUT2D eigenvalue weighted by Crippen LogP contribution is 2.37. The Kier molecular flexibility index (Phi) is 5.48. The number of amides is 1. The summed E-state index contributed by atoms with van der Waals surface area (Å²) in [5.41, 5.74) is 3.37. The fraction of sp³-hybridized carbons (Fsp3) is 0.364. The second kappa shape index (κ2) is 8.05. The summed E-state index contributed by atoms with van der Waals surface area (Å²) in [6.07, 6.45) is 1.83. The first-order chi connectivity index (χ1) is 14.0. The molecule has 6 nitrogen and oxygen atoms in total. The lowest BCUT2D eigenvalue weighted by molar-refractivity contribution is 0.0827. The van der Waals surface area contributed by atoms with Gasteiger partial charge in [-0.05, 0) is 61.8 Å². The molecule has 2 aliphatic rings. The molecule has 2 heterocycles. The number of benzene rings is 2. The van der Waals surface area contributed by atoms with Gasteiger partial charge in [0.15, 0.2) is 0 Å². The van der Waals surface area contributed by atoms with E-state index in [4.69, 9.17) is 16.6 Å². The van der Waals surface area contributed by atoms with Crippen LogP contribution in [0.25, 0.3) is 0 Å². The van der Waals surface area contributed by atoms with Crippen LogP contribution < -0.4 is 16.0 Å². The summed E-state index contributed by atoms with van der Waals surface area (Å²) in [6, 6.07) is 13.5. The van der Waals surface area contributed by atoms with Crippen molar-refractivity contribution in [1.82, 2.24) is 10.2 Å². The summed E-state index contributed by atoms with van der Waals surface area (Å²) >= 11 is 6.12. The maximum absolute atomic E-state index is 12.4. The third-order valence-electron chi connectivity index (χ3n) is 5.52. The molecule has 1 saturated heterocycles. The van der Waals surface area contributed by atoms with Crippen molar-refractivity contribution in [3.63, 3.8) is 0 Å². The number of rotatable bonds is 3. The van der Waals surface area contributed by atoms with Crippen LogP contribution in [0.4, 0.5) is 11.4 Å². The van der Waals surface area contributed by atoms with E-state index in [9.17, 15) is 4.79 Å². The number of amidine groups is 1. The highest BCUT2D eigenvalue weighted by molar-refractivity contribution is 6.30. The molecular formula is C22H26ClN5O. The Morgan fingerprint density at radius 2 is 1.93 bits per heavy atom. The largest absolute Gasteiger partial charge is 0.371 e. The van der Waals surface area contributed by atoms with Gasteiger partial charge in [0, 0.05) is 24.7 Å². The molecule has 0 radical (unpaired) electrons. The topological polar surface area (TPSA) is 68.8 Å². The molecule has 152 valence electrons. The van der Waals surface area contributed by atoms with Gasteiger partial charge in [-0.15, -0.1) is 0 Å². The summed E-state index contributed by atoms with van der Waals surface area (Å²) in [5, 5.41) is 11.4. The van der Waals surface area contributed by atoms with Crippen molar-refractivity contribution in [3.05, 3.63) is 58.6 Å². The average Bonchev–Trinajstić information content (AvgIpc) is 2.72. The van der Waals surface area contributed by atoms with E-state index in [1.807, 2.05) is 42.5 Å². The number of carbonyl (C=O) groups is 1. The number of nitrogens with zero attached hydrogens (tertiary/aromatic N) is 2. The van der Waals surface area contributed by atoms with E-state index in [0.717, 1.165) is 53.7 Å². The maximum atomic E-state index is 12.4. The number of nitrogens with one attached hydrogen (secondary N) is 3. The molecule has 1 spiro atoms. The zero-order valence-electron chi connectivity index (χ0n) is 16.8. The first kappa shape index (κ1) is 19.7. The highest BCUT2D eigenvalue weighted by Gasteiger charge is 2.41. The minimum atomic E-state index is -0.267. The van der Waals surface area contributed by atoms with E-state index < -0.39 is 0 Å². The van der Waals surface area contributed by atoms with E-state index in [0.29, 0.717) is 12.1 Å². The van der Waals surface area contributed by atoms with Crippen LogP contribution in [0.2, 0.25) is 5.02 Å². The van der Waals surface area contributed by atoms with Crippen molar-refractivity contribution < 1.29 is 4.79 Å². The molecule has 3 N–H and O–H groups in total. The number of carbonyl (C=O) groups excluding carboxylic acids is 1. The minimum absolute atomic E-state index is 0.00520. The van der Waals surface area contributed by atoms with Gasteiger partial charge in [-0.3, -0.25) is 9.79 Å². The molecule has 7 heteroatoms. The van der Waals surface area contributed by atoms with Gasteiger partial charge >= 0.3 is 0 Å². The van der Waals surface area contributed by atoms with Crippen molar-refractivity contribution in [2.45, 2.75) is 24.9 Å². The zero-order valence-corrected chi connectivity index (χ0v) is 17.5. The molecule has 0 unspecified atom stereocenters. The standard InChI is InChI=1S/C22H26ClN5O/c1-28(2)20(29)16-6-7-18-19(13-16)27-22(8-10-24-11-9-22)21(26-18)25-14-15-4-3-5-17(23)12-15/h3-7,12-13,24,27H,8-11,14H2,1-2H3,(H,25,26). The van der Waals surface area contributed by atoms with Crippen molar-refractivity contribution in [3.8, 4) is 0 Å². The first-order valence-corrected chi connectivity index (χ1v) is 10.3. The van der Waals surface area contributed by atoms with E-state index in [2.05, 4.69) is 16.0 Å². The summed E-state index contributed by atoms with van der Waals surface area (Å²) in [5.74, 6) is 0.938. The fourth-order valence-electron chi connectivity index (χ4n) is 3.92. The van der Waals surface area contributed by atoms with Gasteiger partial charge in [-0.1, -0.05) is 23.7 Å². The SMILES string of the molecule is CN(C)C(=O)c1ccc2c(c1)NC1(CCNCC1)C(=NCc1cccc(Cl)c1)N2. The molecule has 4 rings (SSSR count). The van der Waals surface area contributed by atoms with Crippen LogP contribution in [0.5, 0.6) is 0 Å². The third kappa shape index (κ3) is 4.09. The van der Waals surface area contributed by atoms with Gasteiger partial charge in [0.25, 0.3) is 5.91 Å². The maximum Gasteiger partial charge on any atom is 0.253 e. The molecular weight excluding hydrogens is 386 g/mol. The van der Waals surface area contributed by atoms with Crippen LogP contribution in [0.15, 0.2) is 47.5 Å². The van der Waals surface area contributed by atoms with E-state index in [-0.39, 0.29) is 11.4 Å². The molecule has 1 amide bonds. The van der Waals surface area contributed by atoms with E-state index >= 15 is 0 Å². The Labute approximate surface area is 176 Å². The third-order valence-corrected chi connectivity index (χ3v) is 5.75. The highest BCUT2D eigenvalue weighted by atomic mass is 35.5. The molecule has 2 aromatic rings. The van der Waals surface area contributed by atoms with Gasteiger partial charge in [0.05, 0.1) is 23.5 Å². The Morgan fingerprint density at radius 1 is 1.14 bits per heavy atom. The summed E-state index contributed by atoms with van der Waals surface area (Å²) < 4.78 is 0. The van der Waals surface area contributed by atoms with Crippen LogP contribution in [0.1, 0.15) is 28.8 Å². The summed E-state index contributed by atoms with van der Waals surface area (Å²) in [6.45, 7) is 2.39.